The molecule has 6 nitrogen and oxygen atoms in total. The summed E-state index contributed by atoms with van der Waals surface area (Å²) in [6.07, 6.45) is 0. The van der Waals surface area contributed by atoms with Crippen LogP contribution in [-0.2, 0) is 6.67 Å². The fourth-order valence-electron chi connectivity index (χ4n) is 3.52. The molecular formula is C22H24N4O2. The largest absolute Gasteiger partial charge is 0.495 e. The van der Waals surface area contributed by atoms with Gasteiger partial charge in [-0.1, -0.05) is 42.5 Å². The predicted molar refractivity (Wildman–Crippen MR) is 111 cm³/mol. The summed E-state index contributed by atoms with van der Waals surface area (Å²) in [6, 6.07) is 21.4. The normalized spacial score (nSPS) is 14.8. The van der Waals surface area contributed by atoms with Crippen molar-refractivity contribution < 1.29 is 4.74 Å². The van der Waals surface area contributed by atoms with Crippen LogP contribution in [0.5, 0.6) is 5.75 Å². The van der Waals surface area contributed by atoms with Crippen LogP contribution in [0, 0.1) is 0 Å². The van der Waals surface area contributed by atoms with Gasteiger partial charge in [-0.05, 0) is 18.2 Å². The molecular weight excluding hydrogens is 352 g/mol. The lowest BCUT2D eigenvalue weighted by Gasteiger charge is -2.36. The summed E-state index contributed by atoms with van der Waals surface area (Å²) < 4.78 is 7.04. The fraction of sp³-hybridized carbons (Fsp3) is 0.273. The second-order valence-electron chi connectivity index (χ2n) is 6.84. The molecule has 0 radical (unpaired) electrons. The Balaban J connectivity index is 1.44. The summed E-state index contributed by atoms with van der Waals surface area (Å²) in [7, 11) is 1.70. The minimum absolute atomic E-state index is 0.0770. The molecule has 1 saturated heterocycles. The number of piperazine rings is 1. The predicted octanol–water partition coefficient (Wildman–Crippen LogP) is 2.70. The van der Waals surface area contributed by atoms with Crippen molar-refractivity contribution in [2.45, 2.75) is 6.67 Å². The zero-order valence-corrected chi connectivity index (χ0v) is 16.0. The second kappa shape index (κ2) is 8.27. The third kappa shape index (κ3) is 3.92. The average molecular weight is 376 g/mol. The molecule has 4 rings (SSSR count). The molecule has 0 unspecified atom stereocenters. The number of hydrogen-bond acceptors (Lipinski definition) is 5. The fourth-order valence-corrected chi connectivity index (χ4v) is 3.52. The zero-order valence-electron chi connectivity index (χ0n) is 16.0. The third-order valence-electron chi connectivity index (χ3n) is 5.07. The highest BCUT2D eigenvalue weighted by Gasteiger charge is 2.20. The van der Waals surface area contributed by atoms with Crippen molar-refractivity contribution in [1.29, 1.82) is 0 Å². The van der Waals surface area contributed by atoms with E-state index in [0.29, 0.717) is 6.67 Å². The van der Waals surface area contributed by atoms with Crippen molar-refractivity contribution in [3.8, 4) is 17.0 Å². The smallest absolute Gasteiger partial charge is 0.268 e. The van der Waals surface area contributed by atoms with Gasteiger partial charge in [0.2, 0.25) is 0 Å². The van der Waals surface area contributed by atoms with E-state index in [2.05, 4.69) is 21.0 Å². The Hall–Kier alpha value is -3.12. The van der Waals surface area contributed by atoms with Gasteiger partial charge in [0.05, 0.1) is 25.2 Å². The molecule has 0 aliphatic carbocycles. The van der Waals surface area contributed by atoms with Gasteiger partial charge in [0.25, 0.3) is 5.56 Å². The minimum Gasteiger partial charge on any atom is -0.495 e. The van der Waals surface area contributed by atoms with Crippen molar-refractivity contribution in [3.63, 3.8) is 0 Å². The SMILES string of the molecule is COc1ccccc1N1CCN(Cn2nc(-c3ccccc3)ccc2=O)CC1. The van der Waals surface area contributed by atoms with Crippen molar-refractivity contribution >= 4 is 5.69 Å². The van der Waals surface area contributed by atoms with Crippen LogP contribution < -0.4 is 15.2 Å². The summed E-state index contributed by atoms with van der Waals surface area (Å²) in [6.45, 7) is 3.99. The first-order valence-corrected chi connectivity index (χ1v) is 9.48. The van der Waals surface area contributed by atoms with Crippen LogP contribution >= 0.6 is 0 Å². The van der Waals surface area contributed by atoms with Gasteiger partial charge in [0.1, 0.15) is 5.75 Å². The van der Waals surface area contributed by atoms with Gasteiger partial charge in [-0.25, -0.2) is 4.68 Å². The van der Waals surface area contributed by atoms with E-state index in [-0.39, 0.29) is 5.56 Å². The van der Waals surface area contributed by atoms with Crippen LogP contribution in [0.1, 0.15) is 0 Å². The van der Waals surface area contributed by atoms with E-state index in [0.717, 1.165) is 48.9 Å². The molecule has 0 saturated carbocycles. The number of anilines is 1. The zero-order chi connectivity index (χ0) is 19.3. The number of benzene rings is 2. The van der Waals surface area contributed by atoms with Crippen LogP contribution in [0.25, 0.3) is 11.3 Å². The highest BCUT2D eigenvalue weighted by molar-refractivity contribution is 5.59. The Morgan fingerprint density at radius 1 is 0.893 bits per heavy atom. The van der Waals surface area contributed by atoms with Gasteiger partial charge in [-0.3, -0.25) is 9.69 Å². The molecule has 3 aromatic rings. The topological polar surface area (TPSA) is 50.6 Å². The quantitative estimate of drug-likeness (QED) is 0.685. The van der Waals surface area contributed by atoms with Crippen LogP contribution in [0.3, 0.4) is 0 Å². The molecule has 0 N–H and O–H groups in total. The number of ether oxygens (including phenoxy) is 1. The first-order valence-electron chi connectivity index (χ1n) is 9.48. The highest BCUT2D eigenvalue weighted by atomic mass is 16.5. The van der Waals surface area contributed by atoms with Crippen LogP contribution in [0.2, 0.25) is 0 Å². The number of para-hydroxylation sites is 2. The van der Waals surface area contributed by atoms with Crippen molar-refractivity contribution in [2.24, 2.45) is 0 Å². The number of nitrogens with zero attached hydrogens (tertiary/aromatic N) is 4. The Bertz CT molecular complexity index is 979. The molecule has 1 aliphatic heterocycles. The molecule has 1 aromatic heterocycles. The summed E-state index contributed by atoms with van der Waals surface area (Å²) in [5.74, 6) is 0.893. The maximum Gasteiger partial charge on any atom is 0.268 e. The van der Waals surface area contributed by atoms with Crippen LogP contribution in [0.15, 0.2) is 71.5 Å². The van der Waals surface area contributed by atoms with Gasteiger partial charge in [-0.2, -0.15) is 5.10 Å². The van der Waals surface area contributed by atoms with E-state index >= 15 is 0 Å². The van der Waals surface area contributed by atoms with E-state index in [1.165, 1.54) is 0 Å². The lowest BCUT2D eigenvalue weighted by Crippen LogP contribution is -2.48. The average Bonchev–Trinajstić information content (AvgIpc) is 2.76. The van der Waals surface area contributed by atoms with Gasteiger partial charge in [0, 0.05) is 37.8 Å². The standard InChI is InChI=1S/C22H24N4O2/c1-28-21-10-6-5-9-20(21)25-15-13-24(14-16-25)17-26-22(27)12-11-19(23-26)18-7-3-2-4-8-18/h2-12H,13-17H2,1H3. The van der Waals surface area contributed by atoms with Crippen molar-refractivity contribution in [2.75, 3.05) is 38.2 Å². The van der Waals surface area contributed by atoms with E-state index in [4.69, 9.17) is 4.74 Å². The van der Waals surface area contributed by atoms with Gasteiger partial charge < -0.3 is 9.64 Å². The Labute approximate surface area is 164 Å². The van der Waals surface area contributed by atoms with Gasteiger partial charge in [0.15, 0.2) is 0 Å². The third-order valence-corrected chi connectivity index (χ3v) is 5.07. The van der Waals surface area contributed by atoms with E-state index in [1.807, 2.05) is 48.5 Å². The first-order chi connectivity index (χ1) is 13.7. The van der Waals surface area contributed by atoms with E-state index in [9.17, 15) is 4.79 Å². The highest BCUT2D eigenvalue weighted by Crippen LogP contribution is 2.28. The molecule has 2 heterocycles. The molecule has 1 fully saturated rings. The maximum absolute atomic E-state index is 12.3. The second-order valence-corrected chi connectivity index (χ2v) is 6.84. The van der Waals surface area contributed by atoms with Crippen LogP contribution in [0.4, 0.5) is 5.69 Å². The lowest BCUT2D eigenvalue weighted by atomic mass is 10.1. The molecule has 2 aromatic carbocycles. The molecule has 0 bridgehead atoms. The summed E-state index contributed by atoms with van der Waals surface area (Å²) >= 11 is 0. The minimum atomic E-state index is -0.0770. The Morgan fingerprint density at radius 3 is 2.36 bits per heavy atom. The van der Waals surface area contributed by atoms with Crippen molar-refractivity contribution in [3.05, 3.63) is 77.1 Å². The Kier molecular flexibility index (Phi) is 5.39. The monoisotopic (exact) mass is 376 g/mol. The molecule has 0 atom stereocenters. The van der Waals surface area contributed by atoms with E-state index < -0.39 is 0 Å². The summed E-state index contributed by atoms with van der Waals surface area (Å²) in [4.78, 5) is 16.9. The number of methoxy groups -OCH3 is 1. The molecule has 0 spiro atoms. The lowest BCUT2D eigenvalue weighted by molar-refractivity contribution is 0.191. The number of aromatic nitrogens is 2. The molecule has 0 amide bonds. The van der Waals surface area contributed by atoms with Gasteiger partial charge in [-0.15, -0.1) is 0 Å². The summed E-state index contributed by atoms with van der Waals surface area (Å²) in [5, 5.41) is 4.57. The Morgan fingerprint density at radius 2 is 1.61 bits per heavy atom. The molecule has 1 aliphatic rings. The summed E-state index contributed by atoms with van der Waals surface area (Å²) in [5.41, 5.74) is 2.86. The number of rotatable bonds is 5. The first kappa shape index (κ1) is 18.3. The van der Waals surface area contributed by atoms with E-state index in [1.54, 1.807) is 23.9 Å². The van der Waals surface area contributed by atoms with Gasteiger partial charge >= 0.3 is 0 Å². The number of hydrogen-bond donors (Lipinski definition) is 0. The molecule has 144 valence electrons. The molecule has 6 heteroatoms. The molecule has 28 heavy (non-hydrogen) atoms. The van der Waals surface area contributed by atoms with Crippen LogP contribution in [-0.4, -0.2) is 48.0 Å². The maximum atomic E-state index is 12.3. The van der Waals surface area contributed by atoms with Crippen molar-refractivity contribution in [1.82, 2.24) is 14.7 Å².